The van der Waals surface area contributed by atoms with E-state index in [2.05, 4.69) is 0 Å². The molecule has 7 heteroatoms. The van der Waals surface area contributed by atoms with Gasteiger partial charge in [-0.2, -0.15) is 0 Å². The SMILES string of the molecule is O=C(O)c1cc(O)cc2oc(=O)c3ccc4c(c3c12)OCO4. The Hall–Kier alpha value is -3.22. The van der Waals surface area contributed by atoms with E-state index in [0.29, 0.717) is 16.9 Å². The van der Waals surface area contributed by atoms with Crippen LogP contribution in [0.5, 0.6) is 17.2 Å². The number of aromatic carboxylic acids is 1. The van der Waals surface area contributed by atoms with Gasteiger partial charge in [0, 0.05) is 16.8 Å². The first-order valence-corrected chi connectivity index (χ1v) is 6.31. The Morgan fingerprint density at radius 1 is 1.14 bits per heavy atom. The van der Waals surface area contributed by atoms with Crippen LogP contribution in [0.3, 0.4) is 0 Å². The second-order valence-electron chi connectivity index (χ2n) is 4.78. The van der Waals surface area contributed by atoms with Crippen molar-refractivity contribution in [3.63, 3.8) is 0 Å². The molecule has 0 bridgehead atoms. The predicted octanol–water partition coefficient (Wildman–Crippen LogP) is 2.08. The molecule has 110 valence electrons. The lowest BCUT2D eigenvalue weighted by molar-refractivity contribution is 0.0698. The Morgan fingerprint density at radius 2 is 1.95 bits per heavy atom. The Labute approximate surface area is 121 Å². The molecule has 0 atom stereocenters. The summed E-state index contributed by atoms with van der Waals surface area (Å²) in [5.41, 5.74) is -0.866. The zero-order chi connectivity index (χ0) is 15.4. The highest BCUT2D eigenvalue weighted by molar-refractivity contribution is 6.17. The summed E-state index contributed by atoms with van der Waals surface area (Å²) in [6.45, 7) is -0.0172. The van der Waals surface area contributed by atoms with Gasteiger partial charge >= 0.3 is 11.6 Å². The summed E-state index contributed by atoms with van der Waals surface area (Å²) in [7, 11) is 0. The summed E-state index contributed by atoms with van der Waals surface area (Å²) in [6, 6.07) is 5.35. The van der Waals surface area contributed by atoms with Gasteiger partial charge in [-0.15, -0.1) is 0 Å². The lowest BCUT2D eigenvalue weighted by Gasteiger charge is -2.08. The quantitative estimate of drug-likeness (QED) is 0.523. The molecule has 1 aliphatic heterocycles. The largest absolute Gasteiger partial charge is 0.508 e. The van der Waals surface area contributed by atoms with Crippen molar-refractivity contribution in [1.29, 1.82) is 0 Å². The molecule has 0 radical (unpaired) electrons. The van der Waals surface area contributed by atoms with Crippen LogP contribution < -0.4 is 15.1 Å². The minimum atomic E-state index is -1.26. The van der Waals surface area contributed by atoms with E-state index >= 15 is 0 Å². The Morgan fingerprint density at radius 3 is 2.73 bits per heavy atom. The highest BCUT2D eigenvalue weighted by Crippen LogP contribution is 2.42. The van der Waals surface area contributed by atoms with Gasteiger partial charge in [0.15, 0.2) is 11.5 Å². The van der Waals surface area contributed by atoms with Crippen LogP contribution in [-0.2, 0) is 0 Å². The monoisotopic (exact) mass is 300 g/mol. The molecule has 0 spiro atoms. The van der Waals surface area contributed by atoms with E-state index in [0.717, 1.165) is 6.07 Å². The minimum Gasteiger partial charge on any atom is -0.508 e. The maximum absolute atomic E-state index is 12.1. The molecule has 7 nitrogen and oxygen atoms in total. The Kier molecular flexibility index (Phi) is 2.35. The fraction of sp³-hybridized carbons (Fsp3) is 0.0667. The number of aromatic hydroxyl groups is 1. The molecule has 0 aliphatic carbocycles. The third-order valence-corrected chi connectivity index (χ3v) is 3.53. The van der Waals surface area contributed by atoms with Crippen molar-refractivity contribution < 1.29 is 28.9 Å². The lowest BCUT2D eigenvalue weighted by atomic mass is 10.0. The Balaban J connectivity index is 2.34. The van der Waals surface area contributed by atoms with E-state index in [4.69, 9.17) is 13.9 Å². The number of carboxylic acids is 1. The third-order valence-electron chi connectivity index (χ3n) is 3.53. The molecular formula is C15H8O7. The van der Waals surface area contributed by atoms with Crippen LogP contribution >= 0.6 is 0 Å². The number of ether oxygens (including phenoxy) is 2. The molecule has 0 amide bonds. The van der Waals surface area contributed by atoms with Crippen molar-refractivity contribution in [2.45, 2.75) is 0 Å². The van der Waals surface area contributed by atoms with Crippen molar-refractivity contribution in [3.8, 4) is 17.2 Å². The number of phenols is 1. The molecule has 3 aromatic rings. The molecule has 0 unspecified atom stereocenters. The van der Waals surface area contributed by atoms with Crippen molar-refractivity contribution in [1.82, 2.24) is 0 Å². The number of hydrogen-bond acceptors (Lipinski definition) is 6. The number of carboxylic acid groups (broad SMARTS) is 1. The summed E-state index contributed by atoms with van der Waals surface area (Å²) in [5.74, 6) is -0.850. The third kappa shape index (κ3) is 1.56. The van der Waals surface area contributed by atoms with Crippen LogP contribution in [0.15, 0.2) is 33.5 Å². The fourth-order valence-corrected chi connectivity index (χ4v) is 2.65. The number of fused-ring (bicyclic) bond motifs is 5. The lowest BCUT2D eigenvalue weighted by Crippen LogP contribution is -2.04. The van der Waals surface area contributed by atoms with Gasteiger partial charge in [0.2, 0.25) is 6.79 Å². The number of rotatable bonds is 1. The zero-order valence-electron chi connectivity index (χ0n) is 11.0. The van der Waals surface area contributed by atoms with E-state index in [-0.39, 0.29) is 34.5 Å². The normalized spacial score (nSPS) is 12.9. The molecule has 0 saturated heterocycles. The van der Waals surface area contributed by atoms with E-state index < -0.39 is 11.6 Å². The molecule has 1 aliphatic rings. The number of hydrogen-bond donors (Lipinski definition) is 2. The van der Waals surface area contributed by atoms with Gasteiger partial charge in [-0.3, -0.25) is 0 Å². The maximum Gasteiger partial charge on any atom is 0.344 e. The van der Waals surface area contributed by atoms with Gasteiger partial charge in [-0.1, -0.05) is 0 Å². The van der Waals surface area contributed by atoms with Crippen LogP contribution in [0.4, 0.5) is 0 Å². The molecule has 2 heterocycles. The average molecular weight is 300 g/mol. The molecule has 4 rings (SSSR count). The highest BCUT2D eigenvalue weighted by atomic mass is 16.7. The molecular weight excluding hydrogens is 292 g/mol. The number of carbonyl (C=O) groups is 1. The van der Waals surface area contributed by atoms with Crippen LogP contribution in [0.1, 0.15) is 10.4 Å². The van der Waals surface area contributed by atoms with Gasteiger partial charge in [0.25, 0.3) is 0 Å². The fourth-order valence-electron chi connectivity index (χ4n) is 2.65. The predicted molar refractivity (Wildman–Crippen MR) is 74.7 cm³/mol. The molecule has 22 heavy (non-hydrogen) atoms. The van der Waals surface area contributed by atoms with Crippen molar-refractivity contribution in [2.75, 3.05) is 6.79 Å². The molecule has 0 fully saturated rings. The van der Waals surface area contributed by atoms with E-state index in [1.165, 1.54) is 12.1 Å². The highest BCUT2D eigenvalue weighted by Gasteiger charge is 2.24. The van der Waals surface area contributed by atoms with Gasteiger partial charge < -0.3 is 24.1 Å². The van der Waals surface area contributed by atoms with Crippen LogP contribution in [0, 0.1) is 0 Å². The Bertz CT molecular complexity index is 1020. The average Bonchev–Trinajstić information content (AvgIpc) is 2.94. The summed E-state index contributed by atoms with van der Waals surface area (Å²) < 4.78 is 15.8. The second kappa shape index (κ2) is 4.14. The maximum atomic E-state index is 12.1. The molecule has 0 saturated carbocycles. The summed E-state index contributed by atoms with van der Waals surface area (Å²) in [5, 5.41) is 19.7. The van der Waals surface area contributed by atoms with Gasteiger partial charge in [-0.25, -0.2) is 9.59 Å². The standard InChI is InChI=1S/C15H8O7/c16-6-3-8(14(17)18)11-10(4-6)22-15(19)7-1-2-9-13(12(7)11)21-5-20-9/h1-4,16H,5H2,(H,17,18). The van der Waals surface area contributed by atoms with Crippen LogP contribution in [-0.4, -0.2) is 23.0 Å². The topological polar surface area (TPSA) is 106 Å². The van der Waals surface area contributed by atoms with Gasteiger partial charge in [-0.05, 0) is 18.2 Å². The molecule has 2 aromatic carbocycles. The second-order valence-corrected chi connectivity index (χ2v) is 4.78. The van der Waals surface area contributed by atoms with Gasteiger partial charge in [0.05, 0.1) is 10.9 Å². The van der Waals surface area contributed by atoms with E-state index in [1.807, 2.05) is 0 Å². The summed E-state index contributed by atoms with van der Waals surface area (Å²) in [4.78, 5) is 23.6. The van der Waals surface area contributed by atoms with Crippen LogP contribution in [0.2, 0.25) is 0 Å². The van der Waals surface area contributed by atoms with Crippen molar-refractivity contribution in [3.05, 3.63) is 40.2 Å². The van der Waals surface area contributed by atoms with E-state index in [1.54, 1.807) is 6.07 Å². The zero-order valence-corrected chi connectivity index (χ0v) is 11.0. The first-order valence-electron chi connectivity index (χ1n) is 6.31. The summed E-state index contributed by atoms with van der Waals surface area (Å²) >= 11 is 0. The summed E-state index contributed by atoms with van der Waals surface area (Å²) in [6.07, 6.45) is 0. The first kappa shape index (κ1) is 12.5. The van der Waals surface area contributed by atoms with Crippen molar-refractivity contribution in [2.24, 2.45) is 0 Å². The van der Waals surface area contributed by atoms with Gasteiger partial charge in [0.1, 0.15) is 11.3 Å². The first-order chi connectivity index (χ1) is 10.6. The van der Waals surface area contributed by atoms with Crippen LogP contribution in [0.25, 0.3) is 21.7 Å². The minimum absolute atomic E-state index is 0.0172. The molecule has 2 N–H and O–H groups in total. The smallest absolute Gasteiger partial charge is 0.344 e. The number of benzene rings is 2. The molecule has 1 aromatic heterocycles. The number of phenolic OH excluding ortho intramolecular Hbond substituents is 1. The van der Waals surface area contributed by atoms with Crippen molar-refractivity contribution >= 4 is 27.7 Å². The van der Waals surface area contributed by atoms with E-state index in [9.17, 15) is 19.8 Å².